The van der Waals surface area contributed by atoms with Crippen LogP contribution in [-0.2, 0) is 11.3 Å². The first-order chi connectivity index (χ1) is 9.72. The van der Waals surface area contributed by atoms with Gasteiger partial charge in [-0.15, -0.1) is 0 Å². The molecule has 0 aromatic carbocycles. The van der Waals surface area contributed by atoms with Gasteiger partial charge in [0, 0.05) is 25.6 Å². The predicted octanol–water partition coefficient (Wildman–Crippen LogP) is 2.67. The highest BCUT2D eigenvalue weighted by atomic mass is 19.1. The van der Waals surface area contributed by atoms with E-state index in [-0.39, 0.29) is 18.0 Å². The molecule has 2 atom stereocenters. The molecule has 0 spiro atoms. The highest BCUT2D eigenvalue weighted by molar-refractivity contribution is 5.26. The van der Waals surface area contributed by atoms with Crippen LogP contribution in [0.4, 0.5) is 4.39 Å². The topological polar surface area (TPSA) is 43.4 Å². The molecule has 0 bridgehead atoms. The first-order valence-electron chi connectivity index (χ1n) is 7.27. The molecule has 1 heterocycles. The van der Waals surface area contributed by atoms with Crippen LogP contribution in [0.2, 0.25) is 0 Å². The Balaban J connectivity index is 2.03. The molecular formula is C15H23FN2O2. The molecule has 1 aromatic rings. The van der Waals surface area contributed by atoms with Crippen molar-refractivity contribution in [2.45, 2.75) is 51.4 Å². The number of nitrogens with zero attached hydrogens (tertiary/aromatic N) is 1. The maximum atomic E-state index is 13.3. The van der Waals surface area contributed by atoms with Gasteiger partial charge in [0.1, 0.15) is 11.9 Å². The van der Waals surface area contributed by atoms with Gasteiger partial charge in [0.15, 0.2) is 0 Å². The molecule has 20 heavy (non-hydrogen) atoms. The van der Waals surface area contributed by atoms with Gasteiger partial charge < -0.3 is 14.8 Å². The Hall–Kier alpha value is -1.20. The summed E-state index contributed by atoms with van der Waals surface area (Å²) in [6.07, 6.45) is 5.61. The van der Waals surface area contributed by atoms with Crippen molar-refractivity contribution in [1.29, 1.82) is 0 Å². The Kier molecular flexibility index (Phi) is 5.73. The van der Waals surface area contributed by atoms with Gasteiger partial charge in [-0.05, 0) is 31.9 Å². The minimum atomic E-state index is -0.330. The van der Waals surface area contributed by atoms with Gasteiger partial charge in [-0.1, -0.05) is 6.92 Å². The Morgan fingerprint density at radius 3 is 2.95 bits per heavy atom. The van der Waals surface area contributed by atoms with E-state index in [1.807, 2.05) is 6.92 Å². The fraction of sp³-hybridized carbons (Fsp3) is 0.667. The van der Waals surface area contributed by atoms with Gasteiger partial charge in [-0.3, -0.25) is 0 Å². The van der Waals surface area contributed by atoms with Gasteiger partial charge in [-0.2, -0.15) is 0 Å². The molecule has 2 rings (SSSR count). The minimum Gasteiger partial charge on any atom is -0.474 e. The summed E-state index contributed by atoms with van der Waals surface area (Å²) in [4.78, 5) is 4.10. The number of rotatable bonds is 6. The van der Waals surface area contributed by atoms with Crippen LogP contribution in [0.3, 0.4) is 0 Å². The lowest BCUT2D eigenvalue weighted by molar-refractivity contribution is 0.0191. The molecule has 0 radical (unpaired) electrons. The summed E-state index contributed by atoms with van der Waals surface area (Å²) < 4.78 is 24.7. The molecule has 1 aliphatic rings. The standard InChI is InChI=1S/C15H23FN2O2/c1-3-17-9-11-7-12(16)10-18-15(11)20-14-6-4-5-13(8-14)19-2/h7,10,13-14,17H,3-6,8-9H2,1-2H3. The summed E-state index contributed by atoms with van der Waals surface area (Å²) in [5.41, 5.74) is 0.770. The first-order valence-corrected chi connectivity index (χ1v) is 7.27. The normalized spacial score (nSPS) is 22.8. The minimum absolute atomic E-state index is 0.104. The first kappa shape index (κ1) is 15.2. The van der Waals surface area contributed by atoms with E-state index in [0.29, 0.717) is 12.4 Å². The smallest absolute Gasteiger partial charge is 0.218 e. The van der Waals surface area contributed by atoms with Gasteiger partial charge in [0.25, 0.3) is 0 Å². The van der Waals surface area contributed by atoms with Crippen LogP contribution in [0.25, 0.3) is 0 Å². The largest absolute Gasteiger partial charge is 0.474 e. The molecule has 4 nitrogen and oxygen atoms in total. The fourth-order valence-corrected chi connectivity index (χ4v) is 2.54. The third-order valence-electron chi connectivity index (χ3n) is 3.65. The van der Waals surface area contributed by atoms with Crippen molar-refractivity contribution in [3.63, 3.8) is 0 Å². The molecule has 1 N–H and O–H groups in total. The van der Waals surface area contributed by atoms with Crippen molar-refractivity contribution < 1.29 is 13.9 Å². The molecule has 5 heteroatoms. The highest BCUT2D eigenvalue weighted by Crippen LogP contribution is 2.26. The zero-order valence-corrected chi connectivity index (χ0v) is 12.2. The third kappa shape index (κ3) is 4.15. The Bertz CT molecular complexity index is 428. The van der Waals surface area contributed by atoms with E-state index in [1.54, 1.807) is 7.11 Å². The van der Waals surface area contributed by atoms with Crippen molar-refractivity contribution in [2.75, 3.05) is 13.7 Å². The molecule has 1 aliphatic carbocycles. The number of aromatic nitrogens is 1. The maximum Gasteiger partial charge on any atom is 0.218 e. The predicted molar refractivity (Wildman–Crippen MR) is 75.3 cm³/mol. The maximum absolute atomic E-state index is 13.3. The number of ether oxygens (including phenoxy) is 2. The van der Waals surface area contributed by atoms with Crippen LogP contribution < -0.4 is 10.1 Å². The fourth-order valence-electron chi connectivity index (χ4n) is 2.54. The second-order valence-corrected chi connectivity index (χ2v) is 5.16. The quantitative estimate of drug-likeness (QED) is 0.871. The molecule has 0 aliphatic heterocycles. The van der Waals surface area contributed by atoms with E-state index in [2.05, 4.69) is 10.3 Å². The Labute approximate surface area is 119 Å². The second-order valence-electron chi connectivity index (χ2n) is 5.16. The van der Waals surface area contributed by atoms with Crippen LogP contribution in [0.1, 0.15) is 38.2 Å². The summed E-state index contributed by atoms with van der Waals surface area (Å²) in [6, 6.07) is 1.49. The molecule has 0 amide bonds. The average molecular weight is 282 g/mol. The van der Waals surface area contributed by atoms with E-state index in [9.17, 15) is 4.39 Å². The van der Waals surface area contributed by atoms with Crippen molar-refractivity contribution in [3.8, 4) is 5.88 Å². The summed E-state index contributed by atoms with van der Waals surface area (Å²) in [5.74, 6) is 0.206. The van der Waals surface area contributed by atoms with E-state index in [0.717, 1.165) is 37.8 Å². The highest BCUT2D eigenvalue weighted by Gasteiger charge is 2.24. The van der Waals surface area contributed by atoms with Crippen LogP contribution in [0.15, 0.2) is 12.3 Å². The number of methoxy groups -OCH3 is 1. The van der Waals surface area contributed by atoms with E-state index >= 15 is 0 Å². The van der Waals surface area contributed by atoms with Crippen molar-refractivity contribution in [1.82, 2.24) is 10.3 Å². The van der Waals surface area contributed by atoms with Crippen LogP contribution in [0.5, 0.6) is 5.88 Å². The molecule has 112 valence electrons. The molecule has 2 unspecified atom stereocenters. The van der Waals surface area contributed by atoms with Crippen molar-refractivity contribution >= 4 is 0 Å². The summed E-state index contributed by atoms with van der Waals surface area (Å²) in [6.45, 7) is 3.40. The average Bonchev–Trinajstić information content (AvgIpc) is 2.47. The number of hydrogen-bond donors (Lipinski definition) is 1. The van der Waals surface area contributed by atoms with Crippen LogP contribution >= 0.6 is 0 Å². The summed E-state index contributed by atoms with van der Waals surface area (Å²) in [5, 5.41) is 3.18. The Morgan fingerprint density at radius 2 is 2.20 bits per heavy atom. The van der Waals surface area contributed by atoms with Gasteiger partial charge in [-0.25, -0.2) is 9.37 Å². The van der Waals surface area contributed by atoms with Gasteiger partial charge >= 0.3 is 0 Å². The molecule has 0 saturated heterocycles. The molecular weight excluding hydrogens is 259 g/mol. The van der Waals surface area contributed by atoms with E-state index in [1.165, 1.54) is 12.3 Å². The lowest BCUT2D eigenvalue weighted by atomic mass is 9.95. The Morgan fingerprint density at radius 1 is 1.40 bits per heavy atom. The van der Waals surface area contributed by atoms with Crippen molar-refractivity contribution in [3.05, 3.63) is 23.6 Å². The number of hydrogen-bond acceptors (Lipinski definition) is 4. The molecule has 1 fully saturated rings. The van der Waals surface area contributed by atoms with Crippen molar-refractivity contribution in [2.24, 2.45) is 0 Å². The monoisotopic (exact) mass is 282 g/mol. The zero-order chi connectivity index (χ0) is 14.4. The van der Waals surface area contributed by atoms with Crippen LogP contribution in [0, 0.1) is 5.82 Å². The van der Waals surface area contributed by atoms with Crippen LogP contribution in [-0.4, -0.2) is 30.8 Å². The van der Waals surface area contributed by atoms with Gasteiger partial charge in [0.2, 0.25) is 5.88 Å². The third-order valence-corrected chi connectivity index (χ3v) is 3.65. The zero-order valence-electron chi connectivity index (χ0n) is 12.2. The number of nitrogens with one attached hydrogen (secondary N) is 1. The van der Waals surface area contributed by atoms with Gasteiger partial charge in [0.05, 0.1) is 12.3 Å². The number of halogens is 1. The van der Waals surface area contributed by atoms with E-state index < -0.39 is 0 Å². The van der Waals surface area contributed by atoms with E-state index in [4.69, 9.17) is 9.47 Å². The SMILES string of the molecule is CCNCc1cc(F)cnc1OC1CCCC(OC)C1. The molecule has 1 saturated carbocycles. The summed E-state index contributed by atoms with van der Waals surface area (Å²) >= 11 is 0. The lowest BCUT2D eigenvalue weighted by Crippen LogP contribution is -2.30. The number of pyridine rings is 1. The molecule has 1 aromatic heterocycles. The second kappa shape index (κ2) is 7.55. The lowest BCUT2D eigenvalue weighted by Gasteiger charge is -2.28. The summed E-state index contributed by atoms with van der Waals surface area (Å²) in [7, 11) is 1.74.